The minimum absolute atomic E-state index is 0.186. The molecule has 0 aliphatic carbocycles. The Bertz CT molecular complexity index is 713. The monoisotopic (exact) mass is 217 g/mol. The van der Waals surface area contributed by atoms with Gasteiger partial charge >= 0.3 is 0 Å². The average molecular weight is 217 g/mol. The first-order chi connectivity index (χ1) is 7.27. The average Bonchev–Trinajstić information content (AvgIpc) is 2.61. The molecule has 3 aromatic rings. The molecule has 0 saturated carbocycles. The van der Waals surface area contributed by atoms with Crippen molar-refractivity contribution in [1.82, 2.24) is 14.4 Å². The van der Waals surface area contributed by atoms with Crippen molar-refractivity contribution in [3.05, 3.63) is 39.9 Å². The molecule has 0 spiro atoms. The largest absolute Gasteiger partial charge is 0.287 e. The van der Waals surface area contributed by atoms with E-state index in [1.165, 1.54) is 11.3 Å². The SMILES string of the molecule is Cc1csc2nc(=O)c3ccncc3n12. The van der Waals surface area contributed by atoms with E-state index < -0.39 is 0 Å². The number of aryl methyl sites for hydroxylation is 1. The number of aromatic nitrogens is 3. The zero-order valence-electron chi connectivity index (χ0n) is 7.97. The smallest absolute Gasteiger partial charge is 0.281 e. The van der Waals surface area contributed by atoms with Crippen molar-refractivity contribution in [3.8, 4) is 0 Å². The van der Waals surface area contributed by atoms with Gasteiger partial charge in [-0.2, -0.15) is 4.98 Å². The number of hydrogen-bond donors (Lipinski definition) is 0. The number of fused-ring (bicyclic) bond motifs is 3. The van der Waals surface area contributed by atoms with E-state index in [0.717, 1.165) is 16.2 Å². The summed E-state index contributed by atoms with van der Waals surface area (Å²) in [5.41, 5.74) is 1.71. The molecule has 0 aliphatic heterocycles. The predicted octanol–water partition coefficient (Wildman–Crippen LogP) is 1.61. The summed E-state index contributed by atoms with van der Waals surface area (Å²) in [5.74, 6) is 0. The van der Waals surface area contributed by atoms with Crippen LogP contribution in [0.25, 0.3) is 15.9 Å². The number of pyridine rings is 1. The molecule has 0 fully saturated rings. The van der Waals surface area contributed by atoms with Gasteiger partial charge in [0.05, 0.1) is 17.1 Å². The molecule has 15 heavy (non-hydrogen) atoms. The second kappa shape index (κ2) is 2.87. The van der Waals surface area contributed by atoms with Crippen LogP contribution < -0.4 is 5.56 Å². The Morgan fingerprint density at radius 1 is 1.47 bits per heavy atom. The normalized spacial score (nSPS) is 11.3. The standard InChI is InChI=1S/C10H7N3OS/c1-6-5-15-10-12-9(14)7-2-3-11-4-8(7)13(6)10/h2-5H,1H3. The summed E-state index contributed by atoms with van der Waals surface area (Å²) in [6.07, 6.45) is 3.31. The molecule has 3 aromatic heterocycles. The molecule has 3 heterocycles. The molecule has 74 valence electrons. The highest BCUT2D eigenvalue weighted by Gasteiger charge is 2.07. The van der Waals surface area contributed by atoms with Crippen molar-refractivity contribution in [2.75, 3.05) is 0 Å². The van der Waals surface area contributed by atoms with Gasteiger partial charge < -0.3 is 0 Å². The van der Waals surface area contributed by atoms with E-state index in [9.17, 15) is 4.79 Å². The van der Waals surface area contributed by atoms with Gasteiger partial charge in [-0.1, -0.05) is 0 Å². The fraction of sp³-hybridized carbons (Fsp3) is 0.100. The van der Waals surface area contributed by atoms with Gasteiger partial charge in [-0.15, -0.1) is 11.3 Å². The lowest BCUT2D eigenvalue weighted by Crippen LogP contribution is -2.09. The van der Waals surface area contributed by atoms with Crippen LogP contribution in [0.3, 0.4) is 0 Å². The van der Waals surface area contributed by atoms with Gasteiger partial charge in [-0.3, -0.25) is 14.2 Å². The van der Waals surface area contributed by atoms with Gasteiger partial charge in [0.15, 0.2) is 4.96 Å². The summed E-state index contributed by atoms with van der Waals surface area (Å²) in [5, 5.41) is 2.60. The van der Waals surface area contributed by atoms with Crippen LogP contribution in [0.1, 0.15) is 5.69 Å². The lowest BCUT2D eigenvalue weighted by atomic mass is 10.3. The first kappa shape index (κ1) is 8.55. The van der Waals surface area contributed by atoms with E-state index in [4.69, 9.17) is 0 Å². The second-order valence-corrected chi connectivity index (χ2v) is 4.14. The maximum atomic E-state index is 11.7. The minimum Gasteiger partial charge on any atom is -0.287 e. The molecule has 0 N–H and O–H groups in total. The van der Waals surface area contributed by atoms with Crippen LogP contribution in [0, 0.1) is 6.92 Å². The molecule has 3 rings (SSSR count). The Morgan fingerprint density at radius 2 is 2.33 bits per heavy atom. The van der Waals surface area contributed by atoms with Gasteiger partial charge in [-0.05, 0) is 13.0 Å². The van der Waals surface area contributed by atoms with Crippen molar-refractivity contribution in [2.24, 2.45) is 0 Å². The van der Waals surface area contributed by atoms with Crippen LogP contribution in [-0.4, -0.2) is 14.4 Å². The number of hydrogen-bond acceptors (Lipinski definition) is 4. The topological polar surface area (TPSA) is 47.3 Å². The minimum atomic E-state index is -0.186. The van der Waals surface area contributed by atoms with Gasteiger partial charge in [-0.25, -0.2) is 0 Å². The Kier molecular flexibility index (Phi) is 1.63. The van der Waals surface area contributed by atoms with E-state index in [0.29, 0.717) is 5.39 Å². The third-order valence-electron chi connectivity index (χ3n) is 2.35. The van der Waals surface area contributed by atoms with E-state index >= 15 is 0 Å². The molecule has 0 radical (unpaired) electrons. The Hall–Kier alpha value is -1.75. The Balaban J connectivity index is 2.74. The zero-order valence-corrected chi connectivity index (χ0v) is 8.78. The molecule has 0 aromatic carbocycles. The number of nitrogens with zero attached hydrogens (tertiary/aromatic N) is 3. The van der Waals surface area contributed by atoms with E-state index in [1.807, 2.05) is 16.7 Å². The summed E-state index contributed by atoms with van der Waals surface area (Å²) in [6.45, 7) is 1.99. The summed E-state index contributed by atoms with van der Waals surface area (Å²) >= 11 is 1.47. The highest BCUT2D eigenvalue weighted by molar-refractivity contribution is 7.15. The fourth-order valence-electron chi connectivity index (χ4n) is 1.66. The summed E-state index contributed by atoms with van der Waals surface area (Å²) in [6, 6.07) is 1.70. The van der Waals surface area contributed by atoms with Crippen molar-refractivity contribution in [1.29, 1.82) is 0 Å². The molecule has 5 heteroatoms. The maximum Gasteiger partial charge on any atom is 0.281 e. The lowest BCUT2D eigenvalue weighted by Gasteiger charge is -2.00. The van der Waals surface area contributed by atoms with Crippen LogP contribution in [0.5, 0.6) is 0 Å². The van der Waals surface area contributed by atoms with Gasteiger partial charge in [0.2, 0.25) is 0 Å². The summed E-state index contributed by atoms with van der Waals surface area (Å²) in [4.78, 5) is 20.4. The molecule has 0 unspecified atom stereocenters. The zero-order chi connectivity index (χ0) is 10.4. The summed E-state index contributed by atoms with van der Waals surface area (Å²) < 4.78 is 1.95. The number of thiazole rings is 1. The van der Waals surface area contributed by atoms with Crippen molar-refractivity contribution < 1.29 is 0 Å². The highest BCUT2D eigenvalue weighted by Crippen LogP contribution is 2.17. The Labute approximate surface area is 88.8 Å². The third-order valence-corrected chi connectivity index (χ3v) is 3.29. The third kappa shape index (κ3) is 1.10. The molecular formula is C10H7N3OS. The van der Waals surface area contributed by atoms with Gasteiger partial charge in [0.25, 0.3) is 5.56 Å². The predicted molar refractivity (Wildman–Crippen MR) is 59.4 cm³/mol. The van der Waals surface area contributed by atoms with Crippen molar-refractivity contribution in [3.63, 3.8) is 0 Å². The van der Waals surface area contributed by atoms with Crippen LogP contribution >= 0.6 is 11.3 Å². The van der Waals surface area contributed by atoms with Gasteiger partial charge in [0, 0.05) is 17.3 Å². The molecular weight excluding hydrogens is 210 g/mol. The van der Waals surface area contributed by atoms with Crippen LogP contribution in [0.4, 0.5) is 0 Å². The van der Waals surface area contributed by atoms with Crippen molar-refractivity contribution >= 4 is 27.2 Å². The molecule has 4 nitrogen and oxygen atoms in total. The molecule has 0 bridgehead atoms. The number of rotatable bonds is 0. The van der Waals surface area contributed by atoms with Crippen LogP contribution in [-0.2, 0) is 0 Å². The van der Waals surface area contributed by atoms with Crippen LogP contribution in [0.2, 0.25) is 0 Å². The van der Waals surface area contributed by atoms with E-state index in [1.54, 1.807) is 18.5 Å². The molecule has 0 aliphatic rings. The molecule has 0 amide bonds. The molecule has 0 atom stereocenters. The second-order valence-electron chi connectivity index (χ2n) is 3.30. The fourth-order valence-corrected chi connectivity index (χ4v) is 2.52. The Morgan fingerprint density at radius 3 is 3.20 bits per heavy atom. The maximum absolute atomic E-state index is 11.7. The van der Waals surface area contributed by atoms with Gasteiger partial charge in [0.1, 0.15) is 0 Å². The van der Waals surface area contributed by atoms with Crippen molar-refractivity contribution in [2.45, 2.75) is 6.92 Å². The van der Waals surface area contributed by atoms with E-state index in [2.05, 4.69) is 9.97 Å². The first-order valence-corrected chi connectivity index (χ1v) is 5.36. The quantitative estimate of drug-likeness (QED) is 0.574. The lowest BCUT2D eigenvalue weighted by molar-refractivity contribution is 1.10. The molecule has 0 saturated heterocycles. The van der Waals surface area contributed by atoms with E-state index in [-0.39, 0.29) is 5.56 Å². The summed E-state index contributed by atoms with van der Waals surface area (Å²) in [7, 11) is 0. The first-order valence-electron chi connectivity index (χ1n) is 4.48. The highest BCUT2D eigenvalue weighted by atomic mass is 32.1. The van der Waals surface area contributed by atoms with Crippen LogP contribution in [0.15, 0.2) is 28.6 Å².